The fourth-order valence-corrected chi connectivity index (χ4v) is 3.46. The first kappa shape index (κ1) is 14.5. The summed E-state index contributed by atoms with van der Waals surface area (Å²) in [7, 11) is 0. The number of rotatable bonds is 2. The Bertz CT molecular complexity index is 911. The van der Waals surface area contributed by atoms with Crippen molar-refractivity contribution in [1.82, 2.24) is 0 Å². The number of amides is 2. The second-order valence-electron chi connectivity index (χ2n) is 6.09. The predicted octanol–water partition coefficient (Wildman–Crippen LogP) is 2.65. The Morgan fingerprint density at radius 2 is 1.92 bits per heavy atom. The number of benzene rings is 2. The van der Waals surface area contributed by atoms with Crippen LogP contribution in [0.1, 0.15) is 33.5 Å². The Hall–Kier alpha value is -3.13. The molecule has 118 valence electrons. The third-order valence-corrected chi connectivity index (χ3v) is 4.56. The zero-order valence-corrected chi connectivity index (χ0v) is 13.0. The van der Waals surface area contributed by atoms with Crippen molar-refractivity contribution in [3.05, 3.63) is 58.7 Å². The minimum atomic E-state index is -0.195. The molecule has 0 radical (unpaired) electrons. The number of carbonyl (C=O) groups is 2. The van der Waals surface area contributed by atoms with Crippen molar-refractivity contribution in [1.29, 1.82) is 5.26 Å². The number of aryl methyl sites for hydroxylation is 1. The van der Waals surface area contributed by atoms with Gasteiger partial charge in [0, 0.05) is 24.2 Å². The maximum absolute atomic E-state index is 12.6. The van der Waals surface area contributed by atoms with Crippen LogP contribution in [0.25, 0.3) is 0 Å². The van der Waals surface area contributed by atoms with Crippen LogP contribution >= 0.6 is 0 Å². The number of anilines is 2. The molecule has 2 heterocycles. The second-order valence-corrected chi connectivity index (χ2v) is 6.09. The van der Waals surface area contributed by atoms with Gasteiger partial charge in [0.1, 0.15) is 0 Å². The third kappa shape index (κ3) is 2.33. The lowest BCUT2D eigenvalue weighted by Gasteiger charge is -2.25. The van der Waals surface area contributed by atoms with Crippen LogP contribution in [0.5, 0.6) is 0 Å². The molecule has 0 saturated carbocycles. The topological polar surface area (TPSA) is 73.2 Å². The highest BCUT2D eigenvalue weighted by atomic mass is 16.2. The monoisotopic (exact) mass is 317 g/mol. The van der Waals surface area contributed by atoms with Gasteiger partial charge in [0.2, 0.25) is 5.91 Å². The quantitative estimate of drug-likeness (QED) is 0.925. The van der Waals surface area contributed by atoms with Crippen LogP contribution in [-0.2, 0) is 17.6 Å². The van der Waals surface area contributed by atoms with Gasteiger partial charge in [-0.15, -0.1) is 0 Å². The van der Waals surface area contributed by atoms with E-state index in [2.05, 4.69) is 11.4 Å². The zero-order chi connectivity index (χ0) is 16.7. The Morgan fingerprint density at radius 3 is 2.71 bits per heavy atom. The molecule has 0 aliphatic carbocycles. The van der Waals surface area contributed by atoms with Gasteiger partial charge in [0.05, 0.1) is 17.3 Å². The molecule has 2 aliphatic heterocycles. The van der Waals surface area contributed by atoms with E-state index >= 15 is 0 Å². The van der Waals surface area contributed by atoms with Gasteiger partial charge in [-0.05, 0) is 54.3 Å². The molecule has 2 amide bonds. The van der Waals surface area contributed by atoms with Crippen molar-refractivity contribution in [2.24, 2.45) is 0 Å². The highest BCUT2D eigenvalue weighted by molar-refractivity contribution is 6.06. The van der Waals surface area contributed by atoms with Crippen molar-refractivity contribution in [3.63, 3.8) is 0 Å². The van der Waals surface area contributed by atoms with Gasteiger partial charge < -0.3 is 10.2 Å². The summed E-state index contributed by atoms with van der Waals surface area (Å²) in [6.07, 6.45) is 1.98. The molecule has 5 heteroatoms. The van der Waals surface area contributed by atoms with Gasteiger partial charge >= 0.3 is 0 Å². The Kier molecular flexibility index (Phi) is 3.31. The molecule has 0 unspecified atom stereocenters. The van der Waals surface area contributed by atoms with Crippen molar-refractivity contribution >= 4 is 23.2 Å². The van der Waals surface area contributed by atoms with Gasteiger partial charge in [-0.2, -0.15) is 5.26 Å². The predicted molar refractivity (Wildman–Crippen MR) is 89.9 cm³/mol. The van der Waals surface area contributed by atoms with Gasteiger partial charge in [-0.3, -0.25) is 9.59 Å². The maximum atomic E-state index is 12.6. The average Bonchev–Trinajstić information content (AvgIpc) is 3.03. The first-order chi connectivity index (χ1) is 11.7. The molecule has 4 rings (SSSR count). The first-order valence-electron chi connectivity index (χ1n) is 7.93. The third-order valence-electron chi connectivity index (χ3n) is 4.56. The Labute approximate surface area is 139 Å². The molecule has 0 bridgehead atoms. The number of hydrogen-bond donors (Lipinski definition) is 1. The Morgan fingerprint density at radius 1 is 1.12 bits per heavy atom. The maximum Gasteiger partial charge on any atom is 0.255 e. The first-order valence-corrected chi connectivity index (χ1v) is 7.93. The molecule has 1 N–H and O–H groups in total. The summed E-state index contributed by atoms with van der Waals surface area (Å²) in [5, 5.41) is 11.8. The molecule has 2 aliphatic rings. The normalized spacial score (nSPS) is 15.0. The Balaban J connectivity index is 1.65. The van der Waals surface area contributed by atoms with E-state index < -0.39 is 0 Å². The van der Waals surface area contributed by atoms with Crippen LogP contribution in [0, 0.1) is 11.3 Å². The standard InChI is InChI=1S/C19H15N3O2/c20-11-12-2-1-3-16(8-12)21-19(24)15-9-13-4-5-17(23)22-7-6-14(10-15)18(13)22/h1-3,8-10H,4-7H2,(H,21,24). The van der Waals surface area contributed by atoms with Crippen LogP contribution in [0.4, 0.5) is 11.4 Å². The SMILES string of the molecule is N#Cc1cccc(NC(=O)c2cc3c4c(c2)CCN4C(=O)CC3)c1. The van der Waals surface area contributed by atoms with Crippen LogP contribution in [-0.4, -0.2) is 18.4 Å². The van der Waals surface area contributed by atoms with Crippen molar-refractivity contribution < 1.29 is 9.59 Å². The molecule has 0 fully saturated rings. The fraction of sp³-hybridized carbons (Fsp3) is 0.211. The molecule has 0 spiro atoms. The van der Waals surface area contributed by atoms with Crippen molar-refractivity contribution in [2.45, 2.75) is 19.3 Å². The molecular weight excluding hydrogens is 302 g/mol. The highest BCUT2D eigenvalue weighted by Gasteiger charge is 2.31. The summed E-state index contributed by atoms with van der Waals surface area (Å²) in [4.78, 5) is 26.4. The van der Waals surface area contributed by atoms with Gasteiger partial charge in [0.25, 0.3) is 5.91 Å². The van der Waals surface area contributed by atoms with E-state index in [0.29, 0.717) is 36.2 Å². The smallest absolute Gasteiger partial charge is 0.255 e. The number of nitrogens with one attached hydrogen (secondary N) is 1. The van der Waals surface area contributed by atoms with E-state index in [9.17, 15) is 9.59 Å². The molecule has 5 nitrogen and oxygen atoms in total. The lowest BCUT2D eigenvalue weighted by Crippen LogP contribution is -2.33. The summed E-state index contributed by atoms with van der Waals surface area (Å²) < 4.78 is 0. The minimum Gasteiger partial charge on any atom is -0.322 e. The van der Waals surface area contributed by atoms with Crippen LogP contribution < -0.4 is 10.2 Å². The number of carbonyl (C=O) groups excluding carboxylic acids is 2. The van der Waals surface area contributed by atoms with E-state index in [0.717, 1.165) is 23.2 Å². The lowest BCUT2D eigenvalue weighted by atomic mass is 9.96. The largest absolute Gasteiger partial charge is 0.322 e. The van der Waals surface area contributed by atoms with Gasteiger partial charge in [-0.1, -0.05) is 6.07 Å². The number of nitriles is 1. The number of hydrogen-bond acceptors (Lipinski definition) is 3. The van der Waals surface area contributed by atoms with Gasteiger partial charge in [0.15, 0.2) is 0 Å². The van der Waals surface area contributed by atoms with E-state index in [1.807, 2.05) is 17.0 Å². The van der Waals surface area contributed by atoms with E-state index in [4.69, 9.17) is 5.26 Å². The highest BCUT2D eigenvalue weighted by Crippen LogP contribution is 2.37. The summed E-state index contributed by atoms with van der Waals surface area (Å²) in [6, 6.07) is 12.7. The summed E-state index contributed by atoms with van der Waals surface area (Å²) in [5.41, 5.74) is 4.85. The molecule has 2 aromatic carbocycles. The van der Waals surface area contributed by atoms with E-state index in [1.54, 1.807) is 24.3 Å². The summed E-state index contributed by atoms with van der Waals surface area (Å²) in [6.45, 7) is 0.705. The molecule has 0 aromatic heterocycles. The summed E-state index contributed by atoms with van der Waals surface area (Å²) >= 11 is 0. The molecular formula is C19H15N3O2. The van der Waals surface area contributed by atoms with Crippen LogP contribution in [0.3, 0.4) is 0 Å². The van der Waals surface area contributed by atoms with E-state index in [1.165, 1.54) is 0 Å². The van der Waals surface area contributed by atoms with Crippen LogP contribution in [0.15, 0.2) is 36.4 Å². The number of nitrogens with zero attached hydrogens (tertiary/aromatic N) is 2. The van der Waals surface area contributed by atoms with E-state index in [-0.39, 0.29) is 11.8 Å². The van der Waals surface area contributed by atoms with Crippen molar-refractivity contribution in [3.8, 4) is 6.07 Å². The summed E-state index contributed by atoms with van der Waals surface area (Å²) in [5.74, 6) is -0.0220. The minimum absolute atomic E-state index is 0.173. The van der Waals surface area contributed by atoms with Crippen molar-refractivity contribution in [2.75, 3.05) is 16.8 Å². The molecule has 0 atom stereocenters. The fourth-order valence-electron chi connectivity index (χ4n) is 3.46. The molecule has 24 heavy (non-hydrogen) atoms. The lowest BCUT2D eigenvalue weighted by molar-refractivity contribution is -0.118. The zero-order valence-electron chi connectivity index (χ0n) is 13.0. The molecule has 0 saturated heterocycles. The molecule has 2 aromatic rings. The average molecular weight is 317 g/mol. The second kappa shape index (κ2) is 5.50. The van der Waals surface area contributed by atoms with Crippen LogP contribution in [0.2, 0.25) is 0 Å². The van der Waals surface area contributed by atoms with Gasteiger partial charge in [-0.25, -0.2) is 0 Å².